The van der Waals surface area contributed by atoms with Crippen LogP contribution in [0.2, 0.25) is 5.02 Å². The van der Waals surface area contributed by atoms with Crippen molar-refractivity contribution in [3.05, 3.63) is 95.6 Å². The number of aromatic nitrogens is 1. The number of halogens is 1. The number of ether oxygens (including phenoxy) is 2. The van der Waals surface area contributed by atoms with E-state index < -0.39 is 12.0 Å². The Balaban J connectivity index is 1.82. The van der Waals surface area contributed by atoms with Crippen molar-refractivity contribution in [3.63, 3.8) is 0 Å². The normalized spacial score (nSPS) is 15.4. The standard InChI is InChI=1S/C28H30ClN3O4S/c1-5-31(6-2)20-13-11-19(12-14-20)17-23-26(33)32-25(21-9-7-8-10-22(21)29)24(18(3)30-28(32)37-23)27(34)36-16-15-35-4/h7-14,17,25H,5-6,15-16H2,1-4H3. The van der Waals surface area contributed by atoms with E-state index in [0.29, 0.717) is 25.6 Å². The Kier molecular flexibility index (Phi) is 8.63. The second-order valence-electron chi connectivity index (χ2n) is 8.50. The van der Waals surface area contributed by atoms with Crippen molar-refractivity contribution in [2.75, 3.05) is 38.3 Å². The summed E-state index contributed by atoms with van der Waals surface area (Å²) in [5.74, 6) is -0.551. The van der Waals surface area contributed by atoms with Crippen LogP contribution < -0.4 is 19.8 Å². The summed E-state index contributed by atoms with van der Waals surface area (Å²) in [5, 5.41) is 0.450. The van der Waals surface area contributed by atoms with Crippen molar-refractivity contribution in [2.24, 2.45) is 4.99 Å². The lowest BCUT2D eigenvalue weighted by Gasteiger charge is -2.25. The first kappa shape index (κ1) is 26.9. The molecule has 0 saturated heterocycles. The number of hydrogen-bond donors (Lipinski definition) is 0. The predicted molar refractivity (Wildman–Crippen MR) is 148 cm³/mol. The molecule has 0 bridgehead atoms. The quantitative estimate of drug-likeness (QED) is 0.304. The Bertz CT molecular complexity index is 1490. The number of carbonyl (C=O) groups excluding carboxylic acids is 1. The molecule has 0 saturated carbocycles. The molecule has 0 radical (unpaired) electrons. The summed E-state index contributed by atoms with van der Waals surface area (Å²) < 4.78 is 12.5. The van der Waals surface area contributed by atoms with Crippen LogP contribution in [0.3, 0.4) is 0 Å². The number of allylic oxidation sites excluding steroid dienone is 1. The third kappa shape index (κ3) is 5.56. The molecule has 1 unspecified atom stereocenters. The topological polar surface area (TPSA) is 73.1 Å². The number of thiazole rings is 1. The molecular weight excluding hydrogens is 510 g/mol. The van der Waals surface area contributed by atoms with E-state index in [9.17, 15) is 9.59 Å². The maximum atomic E-state index is 13.8. The molecule has 0 spiro atoms. The molecule has 2 aromatic carbocycles. The van der Waals surface area contributed by atoms with Crippen LogP contribution in [0.15, 0.2) is 69.6 Å². The van der Waals surface area contributed by atoms with E-state index in [1.807, 2.05) is 36.4 Å². The second kappa shape index (κ2) is 11.9. The highest BCUT2D eigenvalue weighted by Gasteiger charge is 2.34. The molecule has 9 heteroatoms. The van der Waals surface area contributed by atoms with Gasteiger partial charge < -0.3 is 14.4 Å². The van der Waals surface area contributed by atoms with Gasteiger partial charge in [-0.2, -0.15) is 0 Å². The molecule has 2 heterocycles. The van der Waals surface area contributed by atoms with Gasteiger partial charge in [-0.3, -0.25) is 9.36 Å². The molecule has 3 aromatic rings. The summed E-state index contributed by atoms with van der Waals surface area (Å²) in [5.41, 5.74) is 3.21. The van der Waals surface area contributed by atoms with E-state index in [1.165, 1.54) is 18.4 Å². The van der Waals surface area contributed by atoms with Gasteiger partial charge in [-0.1, -0.05) is 53.3 Å². The zero-order chi connectivity index (χ0) is 26.5. The average molecular weight is 540 g/mol. The zero-order valence-electron chi connectivity index (χ0n) is 21.4. The van der Waals surface area contributed by atoms with E-state index in [4.69, 9.17) is 21.1 Å². The molecule has 1 aromatic heterocycles. The number of methoxy groups -OCH3 is 1. The number of hydrogen-bond acceptors (Lipinski definition) is 7. The Labute approximate surface area is 224 Å². The van der Waals surface area contributed by atoms with Crippen molar-refractivity contribution in [3.8, 4) is 0 Å². The molecule has 0 amide bonds. The minimum absolute atomic E-state index is 0.0925. The highest BCUT2D eigenvalue weighted by Crippen LogP contribution is 2.34. The number of anilines is 1. The van der Waals surface area contributed by atoms with Gasteiger partial charge in [-0.25, -0.2) is 9.79 Å². The van der Waals surface area contributed by atoms with E-state index in [2.05, 4.69) is 35.9 Å². The molecule has 0 aliphatic carbocycles. The predicted octanol–water partition coefficient (Wildman–Crippen LogP) is 3.92. The lowest BCUT2D eigenvalue weighted by atomic mass is 9.96. The lowest BCUT2D eigenvalue weighted by molar-refractivity contribution is -0.140. The number of carbonyl (C=O) groups is 1. The number of benzene rings is 2. The van der Waals surface area contributed by atoms with Gasteiger partial charge in [0.1, 0.15) is 12.6 Å². The molecule has 7 nitrogen and oxygen atoms in total. The van der Waals surface area contributed by atoms with Crippen LogP contribution in [0, 0.1) is 0 Å². The smallest absolute Gasteiger partial charge is 0.338 e. The first-order valence-electron chi connectivity index (χ1n) is 12.2. The fraction of sp³-hybridized carbons (Fsp3) is 0.321. The van der Waals surface area contributed by atoms with Crippen molar-refractivity contribution in [1.82, 2.24) is 4.57 Å². The minimum atomic E-state index is -0.757. The van der Waals surface area contributed by atoms with Gasteiger partial charge in [0.05, 0.1) is 22.4 Å². The number of esters is 1. The molecule has 1 aliphatic heterocycles. The number of nitrogens with zero attached hydrogens (tertiary/aromatic N) is 3. The van der Waals surface area contributed by atoms with Crippen LogP contribution in [0.5, 0.6) is 0 Å². The molecular formula is C28H30ClN3O4S. The van der Waals surface area contributed by atoms with Gasteiger partial charge in [-0.05, 0) is 56.2 Å². The maximum Gasteiger partial charge on any atom is 0.338 e. The summed E-state index contributed by atoms with van der Waals surface area (Å²) in [6.07, 6.45) is 1.86. The monoisotopic (exact) mass is 539 g/mol. The van der Waals surface area contributed by atoms with Gasteiger partial charge in [0, 0.05) is 30.9 Å². The summed E-state index contributed by atoms with van der Waals surface area (Å²) in [6.45, 7) is 8.20. The maximum absolute atomic E-state index is 13.8. The molecule has 0 N–H and O–H groups in total. The summed E-state index contributed by atoms with van der Waals surface area (Å²) >= 11 is 7.86. The van der Waals surface area contributed by atoms with Crippen LogP contribution in [-0.2, 0) is 14.3 Å². The van der Waals surface area contributed by atoms with Crippen molar-refractivity contribution < 1.29 is 14.3 Å². The zero-order valence-corrected chi connectivity index (χ0v) is 22.9. The molecule has 37 heavy (non-hydrogen) atoms. The number of fused-ring (bicyclic) bond motifs is 1. The van der Waals surface area contributed by atoms with Crippen molar-refractivity contribution >= 4 is 40.7 Å². The summed E-state index contributed by atoms with van der Waals surface area (Å²) in [4.78, 5) is 34.3. The van der Waals surface area contributed by atoms with Gasteiger partial charge in [0.25, 0.3) is 5.56 Å². The third-order valence-corrected chi connectivity index (χ3v) is 7.61. The number of rotatable bonds is 9. The average Bonchev–Trinajstić information content (AvgIpc) is 3.19. The molecule has 4 rings (SSSR count). The van der Waals surface area contributed by atoms with Gasteiger partial charge in [0.15, 0.2) is 4.80 Å². The van der Waals surface area contributed by atoms with E-state index >= 15 is 0 Å². The Morgan fingerprint density at radius 1 is 1.14 bits per heavy atom. The van der Waals surface area contributed by atoms with E-state index in [0.717, 1.165) is 24.3 Å². The first-order chi connectivity index (χ1) is 17.9. The molecule has 194 valence electrons. The van der Waals surface area contributed by atoms with Crippen LogP contribution in [0.4, 0.5) is 5.69 Å². The van der Waals surface area contributed by atoms with Crippen LogP contribution in [-0.4, -0.2) is 43.9 Å². The van der Waals surface area contributed by atoms with E-state index in [-0.39, 0.29) is 24.3 Å². The van der Waals surface area contributed by atoms with Gasteiger partial charge in [-0.15, -0.1) is 0 Å². The minimum Gasteiger partial charge on any atom is -0.460 e. The van der Waals surface area contributed by atoms with Gasteiger partial charge in [0.2, 0.25) is 0 Å². The largest absolute Gasteiger partial charge is 0.460 e. The van der Waals surface area contributed by atoms with Crippen molar-refractivity contribution in [1.29, 1.82) is 0 Å². The Morgan fingerprint density at radius 3 is 2.49 bits per heavy atom. The highest BCUT2D eigenvalue weighted by molar-refractivity contribution is 7.07. The molecule has 1 atom stereocenters. The molecule has 0 fully saturated rings. The van der Waals surface area contributed by atoms with Crippen molar-refractivity contribution in [2.45, 2.75) is 26.8 Å². The Hall–Kier alpha value is -3.20. The van der Waals surface area contributed by atoms with Crippen LogP contribution in [0.25, 0.3) is 6.08 Å². The highest BCUT2D eigenvalue weighted by atomic mass is 35.5. The fourth-order valence-electron chi connectivity index (χ4n) is 4.39. The molecule has 1 aliphatic rings. The van der Waals surface area contributed by atoms with Crippen LogP contribution >= 0.6 is 22.9 Å². The van der Waals surface area contributed by atoms with Gasteiger partial charge >= 0.3 is 5.97 Å². The SMILES string of the molecule is CCN(CC)c1ccc(C=c2sc3n(c2=O)C(c2ccccc2Cl)C(C(=O)OCCOC)=C(C)N=3)cc1. The second-order valence-corrected chi connectivity index (χ2v) is 9.91. The summed E-state index contributed by atoms with van der Waals surface area (Å²) in [6, 6.07) is 14.6. The summed E-state index contributed by atoms with van der Waals surface area (Å²) in [7, 11) is 1.53. The Morgan fingerprint density at radius 2 is 1.84 bits per heavy atom. The van der Waals surface area contributed by atoms with Crippen LogP contribution in [0.1, 0.15) is 37.9 Å². The fourth-order valence-corrected chi connectivity index (χ4v) is 5.68. The third-order valence-electron chi connectivity index (χ3n) is 6.28. The first-order valence-corrected chi connectivity index (χ1v) is 13.4. The lowest BCUT2D eigenvalue weighted by Crippen LogP contribution is -2.40. The van der Waals surface area contributed by atoms with E-state index in [1.54, 1.807) is 17.6 Å².